The summed E-state index contributed by atoms with van der Waals surface area (Å²) in [6.07, 6.45) is 5.83. The molecule has 4 aromatic heterocycles. The second-order valence-electron chi connectivity index (χ2n) is 10.1. The van der Waals surface area contributed by atoms with Crippen LogP contribution >= 0.6 is 11.3 Å². The Labute approximate surface area is 231 Å². The highest BCUT2D eigenvalue weighted by Crippen LogP contribution is 2.40. The second kappa shape index (κ2) is 10.3. The van der Waals surface area contributed by atoms with Crippen molar-refractivity contribution in [3.63, 3.8) is 0 Å². The number of nitrogens with zero attached hydrogens (tertiary/aromatic N) is 7. The van der Waals surface area contributed by atoms with E-state index in [4.69, 9.17) is 4.74 Å². The summed E-state index contributed by atoms with van der Waals surface area (Å²) in [6, 6.07) is -0.0506. The molecule has 0 unspecified atom stereocenters. The quantitative estimate of drug-likeness (QED) is 0.304. The van der Waals surface area contributed by atoms with Crippen molar-refractivity contribution in [3.05, 3.63) is 53.9 Å². The van der Waals surface area contributed by atoms with E-state index in [2.05, 4.69) is 30.2 Å². The zero-order valence-corrected chi connectivity index (χ0v) is 22.6. The van der Waals surface area contributed by atoms with Gasteiger partial charge in [0.2, 0.25) is 0 Å². The first kappa shape index (κ1) is 26.4. The Kier molecular flexibility index (Phi) is 6.82. The van der Waals surface area contributed by atoms with Crippen molar-refractivity contribution < 1.29 is 22.7 Å². The molecule has 10 nitrogen and oxygen atoms in total. The normalized spacial score (nSPS) is 16.7. The number of hydrogen-bond donors (Lipinski definition) is 1. The van der Waals surface area contributed by atoms with Crippen molar-refractivity contribution in [1.29, 1.82) is 0 Å². The number of methoxy groups -OCH3 is 1. The molecule has 1 aliphatic carbocycles. The van der Waals surface area contributed by atoms with Gasteiger partial charge >= 0.3 is 6.18 Å². The Bertz CT molecular complexity index is 1520. The standard InChI is InChI=1S/C26H27F3N8O2S/c1-15(26(27,28)29)37-6-5-30-23(37)25-34-22(13-40-25)33-24(38)18-7-20(36-11-19(32-14-36)17-3-4-17)21(8-31-18)35-9-16(10-35)12-39-2/h5-8,11,13-17H,3-4,9-10,12H2,1-2H3,(H,33,38)/t15-/m0/s1. The van der Waals surface area contributed by atoms with Crippen LogP contribution in [0.2, 0.25) is 0 Å². The summed E-state index contributed by atoms with van der Waals surface area (Å²) in [6.45, 7) is 3.38. The molecule has 0 spiro atoms. The summed E-state index contributed by atoms with van der Waals surface area (Å²) >= 11 is 1.09. The van der Waals surface area contributed by atoms with E-state index in [1.165, 1.54) is 12.4 Å². The number of nitrogens with one attached hydrogen (secondary N) is 1. The fourth-order valence-corrected chi connectivity index (χ4v) is 5.49. The van der Waals surface area contributed by atoms with Crippen LogP contribution in [0.3, 0.4) is 0 Å². The van der Waals surface area contributed by atoms with Gasteiger partial charge in [0, 0.05) is 56.0 Å². The number of hydrogen-bond acceptors (Lipinski definition) is 8. The van der Waals surface area contributed by atoms with Crippen molar-refractivity contribution >= 4 is 28.7 Å². The molecule has 1 saturated carbocycles. The van der Waals surface area contributed by atoms with E-state index < -0.39 is 18.1 Å². The van der Waals surface area contributed by atoms with Crippen LogP contribution in [0.5, 0.6) is 0 Å². The molecule has 2 fully saturated rings. The number of rotatable bonds is 9. The SMILES string of the molecule is COCC1CN(c2cnc(C(=O)Nc3csc(-c4nccn4[C@@H](C)C(F)(F)F)n3)cc2-n2cnc(C3CC3)c2)C1. The van der Waals surface area contributed by atoms with Crippen LogP contribution < -0.4 is 10.2 Å². The van der Waals surface area contributed by atoms with Gasteiger partial charge in [0.25, 0.3) is 5.91 Å². The van der Waals surface area contributed by atoms with E-state index in [9.17, 15) is 18.0 Å². The Hall–Kier alpha value is -3.78. The molecule has 1 amide bonds. The molecule has 1 aliphatic heterocycles. The van der Waals surface area contributed by atoms with Crippen molar-refractivity contribution in [2.24, 2.45) is 5.92 Å². The molecule has 210 valence electrons. The van der Waals surface area contributed by atoms with Crippen LogP contribution in [0.25, 0.3) is 16.5 Å². The van der Waals surface area contributed by atoms with Crippen LogP contribution in [0, 0.1) is 5.92 Å². The van der Waals surface area contributed by atoms with Crippen LogP contribution in [0.15, 0.2) is 42.6 Å². The van der Waals surface area contributed by atoms with Gasteiger partial charge < -0.3 is 24.1 Å². The number of ether oxygens (including phenoxy) is 1. The lowest BCUT2D eigenvalue weighted by Crippen LogP contribution is -2.49. The maximum atomic E-state index is 13.3. The van der Waals surface area contributed by atoms with Gasteiger partial charge in [-0.2, -0.15) is 13.2 Å². The van der Waals surface area contributed by atoms with Gasteiger partial charge in [0.05, 0.1) is 36.2 Å². The van der Waals surface area contributed by atoms with E-state index in [0.29, 0.717) is 18.4 Å². The van der Waals surface area contributed by atoms with Gasteiger partial charge in [-0.1, -0.05) is 0 Å². The van der Waals surface area contributed by atoms with Gasteiger partial charge in [0.15, 0.2) is 10.8 Å². The van der Waals surface area contributed by atoms with Crippen LogP contribution in [0.1, 0.15) is 47.9 Å². The van der Waals surface area contributed by atoms with Crippen molar-refractivity contribution in [3.8, 4) is 16.5 Å². The summed E-state index contributed by atoms with van der Waals surface area (Å²) in [4.78, 5) is 32.8. The number of pyridine rings is 1. The fraction of sp³-hybridized carbons (Fsp3) is 0.423. The Morgan fingerprint density at radius 2 is 2.02 bits per heavy atom. The molecule has 1 saturated heterocycles. The minimum atomic E-state index is -4.44. The lowest BCUT2D eigenvalue weighted by atomic mass is 10.00. The average molecular weight is 573 g/mol. The molecule has 14 heteroatoms. The van der Waals surface area contributed by atoms with E-state index >= 15 is 0 Å². The van der Waals surface area contributed by atoms with Crippen LogP contribution in [-0.4, -0.2) is 68.0 Å². The molecule has 5 heterocycles. The number of aromatic nitrogens is 6. The number of carbonyl (C=O) groups is 1. The first-order chi connectivity index (χ1) is 19.2. The molecule has 0 radical (unpaired) electrons. The minimum absolute atomic E-state index is 0.0768. The molecular formula is C26H27F3N8O2S. The third-order valence-electron chi connectivity index (χ3n) is 7.17. The molecule has 1 atom stereocenters. The highest BCUT2D eigenvalue weighted by Gasteiger charge is 2.38. The predicted octanol–water partition coefficient (Wildman–Crippen LogP) is 4.92. The Morgan fingerprint density at radius 3 is 2.75 bits per heavy atom. The Balaban J connectivity index is 1.23. The van der Waals surface area contributed by atoms with E-state index in [0.717, 1.165) is 65.8 Å². The van der Waals surface area contributed by atoms with E-state index in [-0.39, 0.29) is 22.3 Å². The number of thiazole rings is 1. The second-order valence-corrected chi connectivity index (χ2v) is 11.0. The summed E-state index contributed by atoms with van der Waals surface area (Å²) in [7, 11) is 1.69. The smallest absolute Gasteiger partial charge is 0.384 e. The number of halogens is 3. The molecule has 6 rings (SSSR count). The summed E-state index contributed by atoms with van der Waals surface area (Å²) in [5, 5.41) is 4.54. The molecule has 4 aromatic rings. The predicted molar refractivity (Wildman–Crippen MR) is 143 cm³/mol. The largest absolute Gasteiger partial charge is 0.408 e. The molecule has 40 heavy (non-hydrogen) atoms. The summed E-state index contributed by atoms with van der Waals surface area (Å²) < 4.78 is 48.1. The number of carbonyl (C=O) groups excluding carboxylic acids is 1. The zero-order chi connectivity index (χ0) is 28.0. The van der Waals surface area contributed by atoms with Gasteiger partial charge in [0.1, 0.15) is 17.6 Å². The van der Waals surface area contributed by atoms with Crippen molar-refractivity contribution in [2.45, 2.75) is 37.9 Å². The number of imidazole rings is 2. The molecule has 0 aromatic carbocycles. The summed E-state index contributed by atoms with van der Waals surface area (Å²) in [5.74, 6) is 0.709. The first-order valence-electron chi connectivity index (χ1n) is 12.9. The molecule has 2 aliphatic rings. The first-order valence-corrected chi connectivity index (χ1v) is 13.7. The number of alkyl halides is 3. The van der Waals surface area contributed by atoms with E-state index in [1.807, 2.05) is 10.8 Å². The lowest BCUT2D eigenvalue weighted by molar-refractivity contribution is -0.162. The number of amides is 1. The average Bonchev–Trinajstić information content (AvgIpc) is 3.28. The molecule has 1 N–H and O–H groups in total. The maximum Gasteiger partial charge on any atom is 0.408 e. The summed E-state index contributed by atoms with van der Waals surface area (Å²) in [5.41, 5.74) is 2.89. The van der Waals surface area contributed by atoms with Crippen molar-refractivity contribution in [1.82, 2.24) is 29.1 Å². The number of anilines is 2. The highest BCUT2D eigenvalue weighted by molar-refractivity contribution is 7.13. The minimum Gasteiger partial charge on any atom is -0.384 e. The van der Waals surface area contributed by atoms with Crippen LogP contribution in [0.4, 0.5) is 24.7 Å². The zero-order valence-electron chi connectivity index (χ0n) is 21.8. The van der Waals surface area contributed by atoms with Gasteiger partial charge in [-0.05, 0) is 25.8 Å². The maximum absolute atomic E-state index is 13.3. The van der Waals surface area contributed by atoms with Gasteiger partial charge in [-0.25, -0.2) is 19.9 Å². The molecule has 0 bridgehead atoms. The fourth-order valence-electron chi connectivity index (χ4n) is 4.74. The highest BCUT2D eigenvalue weighted by atomic mass is 32.1. The van der Waals surface area contributed by atoms with Gasteiger partial charge in [-0.3, -0.25) is 4.79 Å². The van der Waals surface area contributed by atoms with E-state index in [1.54, 1.807) is 31.1 Å². The molecular weight excluding hydrogens is 545 g/mol. The Morgan fingerprint density at radius 1 is 1.23 bits per heavy atom. The third kappa shape index (κ3) is 5.20. The monoisotopic (exact) mass is 572 g/mol. The van der Waals surface area contributed by atoms with Crippen LogP contribution in [-0.2, 0) is 4.74 Å². The van der Waals surface area contributed by atoms with Crippen molar-refractivity contribution in [2.75, 3.05) is 37.0 Å². The topological polar surface area (TPSA) is 103 Å². The van der Waals surface area contributed by atoms with Gasteiger partial charge in [-0.15, -0.1) is 11.3 Å². The third-order valence-corrected chi connectivity index (χ3v) is 8.01. The lowest BCUT2D eigenvalue weighted by Gasteiger charge is -2.41.